The van der Waals surface area contributed by atoms with Gasteiger partial charge in [-0.1, -0.05) is 13.3 Å². The van der Waals surface area contributed by atoms with E-state index in [4.69, 9.17) is 0 Å². The van der Waals surface area contributed by atoms with E-state index in [2.05, 4.69) is 13.8 Å². The topological polar surface area (TPSA) is 0 Å². The van der Waals surface area contributed by atoms with Crippen LogP contribution in [0.4, 0.5) is 0 Å². The zero-order chi connectivity index (χ0) is 3.41. The average molecular weight is 132 g/mol. The molecule has 0 N–H and O–H groups in total. The Morgan fingerprint density at radius 2 is 1.43 bits per heavy atom. The molecule has 0 nitrogen and oxygen atoms in total. The molecule has 0 amide bonds. The Kier molecular flexibility index (Phi) is 88.0. The second kappa shape index (κ2) is 26.0. The van der Waals surface area contributed by atoms with Crippen LogP contribution in [0.5, 0.6) is 0 Å². The summed E-state index contributed by atoms with van der Waals surface area (Å²) >= 11 is 0. The van der Waals surface area contributed by atoms with E-state index in [1.165, 1.54) is 6.42 Å². The van der Waals surface area contributed by atoms with Crippen LogP contribution in [0.25, 0.3) is 0 Å². The monoisotopic (exact) mass is 132 g/mol. The Morgan fingerprint density at radius 1 is 1.29 bits per heavy atom. The zero-order valence-electron chi connectivity index (χ0n) is 5.54. The number of hydrogen-bond acceptors (Lipinski definition) is 0. The van der Waals surface area contributed by atoms with Crippen LogP contribution >= 0.6 is 19.8 Å². The molecule has 0 fully saturated rings. The first kappa shape index (κ1) is 23.7. The van der Waals surface area contributed by atoms with E-state index in [1.54, 1.807) is 0 Å². The van der Waals surface area contributed by atoms with Crippen molar-refractivity contribution in [2.75, 3.05) is 0 Å². The van der Waals surface area contributed by atoms with Crippen molar-refractivity contribution in [3.05, 3.63) is 6.92 Å². The van der Waals surface area contributed by atoms with Gasteiger partial charge in [0.1, 0.15) is 0 Å². The minimum absolute atomic E-state index is 0. The van der Waals surface area contributed by atoms with Crippen LogP contribution in [-0.4, -0.2) is 0 Å². The van der Waals surface area contributed by atoms with Crippen LogP contribution in [0.1, 0.15) is 19.8 Å². The molecule has 0 aliphatic heterocycles. The van der Waals surface area contributed by atoms with Crippen LogP contribution in [0.3, 0.4) is 0 Å². The normalized spacial score (nSPS) is 4.29. The molecule has 42 valence electrons. The molecule has 0 aliphatic carbocycles. The van der Waals surface area contributed by atoms with E-state index in [0.717, 1.165) is 6.42 Å². The summed E-state index contributed by atoms with van der Waals surface area (Å²) in [6.45, 7) is 5.72. The van der Waals surface area contributed by atoms with Crippen LogP contribution in [0.2, 0.25) is 0 Å². The van der Waals surface area contributed by atoms with E-state index >= 15 is 0 Å². The first-order valence-electron chi connectivity index (χ1n) is 1.71. The summed E-state index contributed by atoms with van der Waals surface area (Å²) in [5, 5.41) is 0. The Labute approximate surface area is 65.6 Å². The van der Waals surface area contributed by atoms with E-state index in [-0.39, 0.29) is 38.7 Å². The smallest absolute Gasteiger partial charge is 0.343 e. The second-order valence-corrected chi connectivity index (χ2v) is 0.854. The third-order valence-corrected chi connectivity index (χ3v) is 0.354. The summed E-state index contributed by atoms with van der Waals surface area (Å²) < 4.78 is 0. The fourth-order valence-electron chi connectivity index (χ4n) is 0. The first-order chi connectivity index (χ1) is 1.91. The Balaban J connectivity index is -0.0000000150. The molecule has 0 radical (unpaired) electrons. The van der Waals surface area contributed by atoms with E-state index in [0.29, 0.717) is 0 Å². The summed E-state index contributed by atoms with van der Waals surface area (Å²) in [6, 6.07) is 0. The van der Waals surface area contributed by atoms with Gasteiger partial charge in [-0.3, -0.25) is 0 Å². The molecule has 2 unspecified atom stereocenters. The van der Waals surface area contributed by atoms with Gasteiger partial charge >= 0.3 is 18.9 Å². The van der Waals surface area contributed by atoms with Crippen LogP contribution in [0.15, 0.2) is 0 Å². The van der Waals surface area contributed by atoms with Gasteiger partial charge in [-0.05, 0) is 0 Å². The SMILES string of the molecule is P.P.[CH2-]CCC.[Li+]. The van der Waals surface area contributed by atoms with Crippen LogP contribution in [-0.2, 0) is 0 Å². The molecule has 0 aliphatic rings. The van der Waals surface area contributed by atoms with Gasteiger partial charge in [0.15, 0.2) is 0 Å². The average Bonchev–Trinajstić information content (AvgIpc) is 1.37. The number of unbranched alkanes of at least 4 members (excludes halogenated alkanes) is 1. The Morgan fingerprint density at radius 3 is 1.43 bits per heavy atom. The molecule has 3 heteroatoms. The van der Waals surface area contributed by atoms with E-state index < -0.39 is 0 Å². The Bertz CT molecular complexity index is 11.7. The molecular weight excluding hydrogens is 117 g/mol. The molecule has 0 saturated heterocycles. The van der Waals surface area contributed by atoms with Crippen molar-refractivity contribution in [2.24, 2.45) is 0 Å². The minimum atomic E-state index is 0. The fraction of sp³-hybridized carbons (Fsp3) is 0.750. The molecule has 0 aromatic heterocycles. The van der Waals surface area contributed by atoms with Gasteiger partial charge in [0.2, 0.25) is 0 Å². The second-order valence-electron chi connectivity index (χ2n) is 0.854. The van der Waals surface area contributed by atoms with E-state index in [1.807, 2.05) is 0 Å². The van der Waals surface area contributed by atoms with Gasteiger partial charge < -0.3 is 6.92 Å². The molecule has 0 rings (SSSR count). The van der Waals surface area contributed by atoms with Crippen molar-refractivity contribution in [3.63, 3.8) is 0 Å². The summed E-state index contributed by atoms with van der Waals surface area (Å²) in [6.07, 6.45) is 2.28. The molecule has 0 aromatic rings. The van der Waals surface area contributed by atoms with Crippen LogP contribution < -0.4 is 18.9 Å². The molecule has 0 bridgehead atoms. The largest absolute Gasteiger partial charge is 1.00 e. The standard InChI is InChI=1S/C4H9.Li.2H3P/c1-3-4-2;;;/h1,3-4H2,2H3;;2*1H3/q-1;+1;;. The predicted octanol–water partition coefficient (Wildman–Crippen LogP) is -1.26. The van der Waals surface area contributed by atoms with Crippen molar-refractivity contribution in [2.45, 2.75) is 19.8 Å². The van der Waals surface area contributed by atoms with Gasteiger partial charge in [-0.25, -0.2) is 0 Å². The van der Waals surface area contributed by atoms with Crippen molar-refractivity contribution < 1.29 is 18.9 Å². The third-order valence-electron chi connectivity index (χ3n) is 0.354. The summed E-state index contributed by atoms with van der Waals surface area (Å²) in [4.78, 5) is 0. The molecular formula is C4H15LiP2. The van der Waals surface area contributed by atoms with Crippen molar-refractivity contribution in [3.8, 4) is 0 Å². The predicted molar refractivity (Wildman–Crippen MR) is 42.5 cm³/mol. The quantitative estimate of drug-likeness (QED) is 0.237. The molecule has 7 heavy (non-hydrogen) atoms. The van der Waals surface area contributed by atoms with Gasteiger partial charge in [-0.15, -0.1) is 0 Å². The van der Waals surface area contributed by atoms with Gasteiger partial charge in [0.25, 0.3) is 0 Å². The third kappa shape index (κ3) is 36.8. The summed E-state index contributed by atoms with van der Waals surface area (Å²) in [5.74, 6) is 0. The maximum absolute atomic E-state index is 3.60. The van der Waals surface area contributed by atoms with Gasteiger partial charge in [-0.2, -0.15) is 26.2 Å². The number of hydrogen-bond donors (Lipinski definition) is 0. The zero-order valence-corrected chi connectivity index (χ0v) is 8.36. The maximum atomic E-state index is 3.60. The molecule has 0 saturated carbocycles. The van der Waals surface area contributed by atoms with E-state index in [9.17, 15) is 0 Å². The molecule has 0 aromatic carbocycles. The van der Waals surface area contributed by atoms with Crippen molar-refractivity contribution in [1.29, 1.82) is 0 Å². The molecule has 2 atom stereocenters. The first-order valence-corrected chi connectivity index (χ1v) is 1.71. The minimum Gasteiger partial charge on any atom is -0.343 e. The van der Waals surface area contributed by atoms with Crippen molar-refractivity contribution >= 4 is 19.8 Å². The number of rotatable bonds is 1. The molecule has 0 spiro atoms. The summed E-state index contributed by atoms with van der Waals surface area (Å²) in [5.41, 5.74) is 0. The van der Waals surface area contributed by atoms with Crippen molar-refractivity contribution in [1.82, 2.24) is 0 Å². The fourth-order valence-corrected chi connectivity index (χ4v) is 0. The van der Waals surface area contributed by atoms with Gasteiger partial charge in [0.05, 0.1) is 0 Å². The maximum Gasteiger partial charge on any atom is 1.00 e. The van der Waals surface area contributed by atoms with Crippen LogP contribution in [0, 0.1) is 6.92 Å². The van der Waals surface area contributed by atoms with Gasteiger partial charge in [0, 0.05) is 0 Å². The Hall–Kier alpha value is 1.46. The summed E-state index contributed by atoms with van der Waals surface area (Å²) in [7, 11) is 0. The molecule has 0 heterocycles.